The number of hydrogen-bond acceptors (Lipinski definition) is 4. The summed E-state index contributed by atoms with van der Waals surface area (Å²) in [6.45, 7) is 7.22. The molecule has 0 atom stereocenters. The number of carbonyl (C=O) groups excluding carboxylic acids is 2. The third-order valence-electron chi connectivity index (χ3n) is 4.64. The maximum atomic E-state index is 12.5. The average molecular weight is 365 g/mol. The van der Waals surface area contributed by atoms with Gasteiger partial charge in [-0.15, -0.1) is 0 Å². The Labute approximate surface area is 159 Å². The fraction of sp³-hybridized carbons (Fsp3) is 0.727. The van der Waals surface area contributed by atoms with Crippen molar-refractivity contribution in [2.24, 2.45) is 5.92 Å². The van der Waals surface area contributed by atoms with Gasteiger partial charge in [0.2, 0.25) is 0 Å². The van der Waals surface area contributed by atoms with Gasteiger partial charge in [0, 0.05) is 0 Å². The summed E-state index contributed by atoms with van der Waals surface area (Å²) in [5, 5.41) is 0. The smallest absolute Gasteiger partial charge is 0.338 e. The molecule has 0 aromatic heterocycles. The summed E-state index contributed by atoms with van der Waals surface area (Å²) in [6, 6.07) is 0. The van der Waals surface area contributed by atoms with Crippen LogP contribution in [0.5, 0.6) is 0 Å². The molecule has 0 amide bonds. The third-order valence-corrected chi connectivity index (χ3v) is 4.64. The van der Waals surface area contributed by atoms with Crippen LogP contribution in [-0.4, -0.2) is 25.2 Å². The first-order valence-electron chi connectivity index (χ1n) is 10.3. The Hall–Kier alpha value is -1.58. The van der Waals surface area contributed by atoms with E-state index in [-0.39, 0.29) is 0 Å². The van der Waals surface area contributed by atoms with Crippen LogP contribution in [0.3, 0.4) is 0 Å². The first-order valence-corrected chi connectivity index (χ1v) is 10.3. The lowest BCUT2D eigenvalue weighted by atomic mass is 10.1. The molecule has 0 spiro atoms. The average Bonchev–Trinajstić information content (AvgIpc) is 2.83. The Kier molecular flexibility index (Phi) is 11.7. The van der Waals surface area contributed by atoms with Crippen molar-refractivity contribution < 1.29 is 19.1 Å². The second-order valence-electron chi connectivity index (χ2n) is 7.21. The number of ether oxygens (including phenoxy) is 2. The van der Waals surface area contributed by atoms with Gasteiger partial charge in [0.05, 0.1) is 24.4 Å². The minimum absolute atomic E-state index is 0.378. The summed E-state index contributed by atoms with van der Waals surface area (Å²) >= 11 is 0. The fourth-order valence-electron chi connectivity index (χ4n) is 2.88. The van der Waals surface area contributed by atoms with Crippen LogP contribution in [0, 0.1) is 5.92 Å². The lowest BCUT2D eigenvalue weighted by Gasteiger charge is -2.11. The molecule has 4 nitrogen and oxygen atoms in total. The first-order chi connectivity index (χ1) is 12.6. The van der Waals surface area contributed by atoms with E-state index in [4.69, 9.17) is 9.47 Å². The fourth-order valence-corrected chi connectivity index (χ4v) is 2.88. The highest BCUT2D eigenvalue weighted by Crippen LogP contribution is 2.24. The Morgan fingerprint density at radius 2 is 1.23 bits per heavy atom. The number of hydrogen-bond donors (Lipinski definition) is 0. The number of esters is 2. The van der Waals surface area contributed by atoms with Gasteiger partial charge in [0.15, 0.2) is 0 Å². The molecule has 26 heavy (non-hydrogen) atoms. The van der Waals surface area contributed by atoms with Crippen molar-refractivity contribution >= 4 is 11.9 Å². The van der Waals surface area contributed by atoms with Gasteiger partial charge in [-0.3, -0.25) is 0 Å². The zero-order valence-electron chi connectivity index (χ0n) is 16.9. The van der Waals surface area contributed by atoms with Gasteiger partial charge < -0.3 is 9.47 Å². The largest absolute Gasteiger partial charge is 0.462 e. The van der Waals surface area contributed by atoms with E-state index in [0.29, 0.717) is 30.3 Å². The van der Waals surface area contributed by atoms with Gasteiger partial charge in [-0.2, -0.15) is 0 Å². The predicted molar refractivity (Wildman–Crippen MR) is 105 cm³/mol. The minimum atomic E-state index is -0.398. The zero-order chi connectivity index (χ0) is 19.2. The Bertz CT molecular complexity index is 446. The molecule has 0 aromatic rings. The number of unbranched alkanes of at least 4 members (excludes halogenated alkanes) is 6. The van der Waals surface area contributed by atoms with Crippen molar-refractivity contribution in [3.63, 3.8) is 0 Å². The Morgan fingerprint density at radius 1 is 0.808 bits per heavy atom. The molecule has 0 fully saturated rings. The van der Waals surface area contributed by atoms with Gasteiger partial charge in [-0.05, 0) is 31.6 Å². The summed E-state index contributed by atoms with van der Waals surface area (Å²) in [5.74, 6) is -0.397. The molecule has 1 aliphatic carbocycles. The second-order valence-corrected chi connectivity index (χ2v) is 7.21. The normalized spacial score (nSPS) is 15.0. The van der Waals surface area contributed by atoms with Gasteiger partial charge >= 0.3 is 11.9 Å². The molecule has 1 aliphatic rings. The van der Waals surface area contributed by atoms with Gasteiger partial charge in [-0.25, -0.2) is 9.59 Å². The van der Waals surface area contributed by atoms with E-state index < -0.39 is 11.9 Å². The molecule has 0 aliphatic heterocycles. The summed E-state index contributed by atoms with van der Waals surface area (Å²) in [4.78, 5) is 25.0. The lowest BCUT2D eigenvalue weighted by Crippen LogP contribution is -2.18. The SMILES string of the molecule is CCCCCCOC(=O)C1=CCC(C)CC=C1C(=O)OCCCCCC. The molecule has 148 valence electrons. The van der Waals surface area contributed by atoms with Crippen LogP contribution in [-0.2, 0) is 19.1 Å². The summed E-state index contributed by atoms with van der Waals surface area (Å²) in [7, 11) is 0. The van der Waals surface area contributed by atoms with Crippen LogP contribution in [0.2, 0.25) is 0 Å². The molecule has 4 heteroatoms. The molecular formula is C22H36O4. The summed E-state index contributed by atoms with van der Waals surface area (Å²) < 4.78 is 10.8. The monoisotopic (exact) mass is 364 g/mol. The summed E-state index contributed by atoms with van der Waals surface area (Å²) in [6.07, 6.45) is 13.7. The number of allylic oxidation sites excluding steroid dienone is 2. The van der Waals surface area contributed by atoms with Crippen LogP contribution in [0.15, 0.2) is 23.3 Å². The lowest BCUT2D eigenvalue weighted by molar-refractivity contribution is -0.142. The number of carbonyl (C=O) groups is 2. The van der Waals surface area contributed by atoms with E-state index in [2.05, 4.69) is 20.8 Å². The van der Waals surface area contributed by atoms with E-state index >= 15 is 0 Å². The molecule has 0 saturated heterocycles. The minimum Gasteiger partial charge on any atom is -0.462 e. The van der Waals surface area contributed by atoms with E-state index in [0.717, 1.165) is 64.2 Å². The highest BCUT2D eigenvalue weighted by molar-refractivity contribution is 6.07. The molecule has 0 saturated carbocycles. The van der Waals surface area contributed by atoms with Crippen molar-refractivity contribution in [2.45, 2.75) is 85.0 Å². The quantitative estimate of drug-likeness (QED) is 0.338. The number of rotatable bonds is 12. The topological polar surface area (TPSA) is 52.6 Å². The maximum Gasteiger partial charge on any atom is 0.338 e. The van der Waals surface area contributed by atoms with Crippen LogP contribution < -0.4 is 0 Å². The molecule has 0 unspecified atom stereocenters. The van der Waals surface area contributed by atoms with E-state index in [1.807, 2.05) is 12.2 Å². The zero-order valence-corrected chi connectivity index (χ0v) is 16.9. The molecule has 1 rings (SSSR count). The van der Waals surface area contributed by atoms with E-state index in [9.17, 15) is 9.59 Å². The van der Waals surface area contributed by atoms with Crippen molar-refractivity contribution in [3.8, 4) is 0 Å². The second kappa shape index (κ2) is 13.6. The van der Waals surface area contributed by atoms with Crippen molar-refractivity contribution in [1.82, 2.24) is 0 Å². The standard InChI is InChI=1S/C22H36O4/c1-4-6-8-10-16-25-21(23)19-14-12-18(3)13-15-20(19)22(24)26-17-11-9-7-5-2/h14-15,18H,4-13,16-17H2,1-3H3. The van der Waals surface area contributed by atoms with E-state index in [1.165, 1.54) is 0 Å². The van der Waals surface area contributed by atoms with Gasteiger partial charge in [0.25, 0.3) is 0 Å². The van der Waals surface area contributed by atoms with Crippen LogP contribution in [0.1, 0.15) is 85.0 Å². The van der Waals surface area contributed by atoms with Crippen molar-refractivity contribution in [1.29, 1.82) is 0 Å². The highest BCUT2D eigenvalue weighted by atomic mass is 16.5. The van der Waals surface area contributed by atoms with Crippen LogP contribution in [0.4, 0.5) is 0 Å². The van der Waals surface area contributed by atoms with Gasteiger partial charge in [0.1, 0.15) is 0 Å². The molecule has 0 N–H and O–H groups in total. The Balaban J connectivity index is 2.60. The van der Waals surface area contributed by atoms with E-state index in [1.54, 1.807) is 0 Å². The maximum absolute atomic E-state index is 12.5. The van der Waals surface area contributed by atoms with Crippen molar-refractivity contribution in [2.75, 3.05) is 13.2 Å². The van der Waals surface area contributed by atoms with Gasteiger partial charge in [-0.1, -0.05) is 71.4 Å². The van der Waals surface area contributed by atoms with Crippen LogP contribution in [0.25, 0.3) is 0 Å². The molecule has 0 radical (unpaired) electrons. The molecule has 0 heterocycles. The first kappa shape index (κ1) is 22.5. The molecule has 0 bridgehead atoms. The third kappa shape index (κ3) is 8.68. The molecular weight excluding hydrogens is 328 g/mol. The highest BCUT2D eigenvalue weighted by Gasteiger charge is 2.25. The Morgan fingerprint density at radius 3 is 1.62 bits per heavy atom. The summed E-state index contributed by atoms with van der Waals surface area (Å²) in [5.41, 5.74) is 0.756. The molecule has 0 aromatic carbocycles. The van der Waals surface area contributed by atoms with Crippen molar-refractivity contribution in [3.05, 3.63) is 23.3 Å². The predicted octanol–water partition coefficient (Wildman–Crippen LogP) is 5.52. The van der Waals surface area contributed by atoms with Crippen LogP contribution >= 0.6 is 0 Å².